The molecule has 150 valence electrons. The van der Waals surface area contributed by atoms with Crippen LogP contribution in [0.15, 0.2) is 48.5 Å². The van der Waals surface area contributed by atoms with Crippen molar-refractivity contribution in [1.29, 1.82) is 0 Å². The highest BCUT2D eigenvalue weighted by Crippen LogP contribution is 2.28. The number of carbonyl (C=O) groups is 2. The van der Waals surface area contributed by atoms with Gasteiger partial charge in [-0.3, -0.25) is 9.59 Å². The van der Waals surface area contributed by atoms with Gasteiger partial charge in [0.15, 0.2) is 24.7 Å². The highest BCUT2D eigenvalue weighted by molar-refractivity contribution is 5.91. The molecule has 0 aromatic heterocycles. The molecule has 6 nitrogen and oxygen atoms in total. The molecule has 0 unspecified atom stereocenters. The van der Waals surface area contributed by atoms with E-state index in [1.54, 1.807) is 30.3 Å². The second-order valence-corrected chi connectivity index (χ2v) is 5.78. The number of para-hydroxylation sites is 2. The fourth-order valence-electron chi connectivity index (χ4n) is 2.19. The average Bonchev–Trinajstić information content (AvgIpc) is 2.64. The molecule has 0 spiro atoms. The number of ether oxygens (including phenoxy) is 2. The number of carboxylic acids is 1. The lowest BCUT2D eigenvalue weighted by molar-refractivity contribution is -0.153. The van der Waals surface area contributed by atoms with Crippen molar-refractivity contribution < 1.29 is 37.3 Å². The first-order valence-corrected chi connectivity index (χ1v) is 8.25. The first-order valence-electron chi connectivity index (χ1n) is 8.25. The number of hydrogen-bond donors (Lipinski definition) is 2. The summed E-state index contributed by atoms with van der Waals surface area (Å²) in [6.45, 7) is -1.89. The van der Waals surface area contributed by atoms with E-state index in [4.69, 9.17) is 9.84 Å². The van der Waals surface area contributed by atoms with Gasteiger partial charge in [-0.05, 0) is 36.2 Å². The number of alkyl halides is 3. The third-order valence-corrected chi connectivity index (χ3v) is 3.46. The Morgan fingerprint density at radius 1 is 0.964 bits per heavy atom. The summed E-state index contributed by atoms with van der Waals surface area (Å²) in [4.78, 5) is 22.5. The quantitative estimate of drug-likeness (QED) is 0.675. The van der Waals surface area contributed by atoms with E-state index < -0.39 is 31.3 Å². The molecule has 2 aromatic carbocycles. The molecular weight excluding hydrogens is 379 g/mol. The van der Waals surface area contributed by atoms with Crippen LogP contribution in [-0.4, -0.2) is 36.4 Å². The Labute approximate surface area is 158 Å². The van der Waals surface area contributed by atoms with E-state index in [2.05, 4.69) is 10.1 Å². The van der Waals surface area contributed by atoms with E-state index in [-0.39, 0.29) is 17.9 Å². The first kappa shape index (κ1) is 21.1. The standard InChI is InChI=1S/C19H18F3NO5/c20-19(21,22)12-28-16-4-2-1-3-15(16)27-11-17(24)23-14-8-5-13(6-9-14)7-10-18(25)26/h1-6,8-9H,7,10-12H2,(H,23,24)(H,25,26). The van der Waals surface area contributed by atoms with E-state index in [0.29, 0.717) is 12.1 Å². The van der Waals surface area contributed by atoms with Crippen LogP contribution < -0.4 is 14.8 Å². The Balaban J connectivity index is 1.86. The van der Waals surface area contributed by atoms with Gasteiger partial charge in [-0.15, -0.1) is 0 Å². The summed E-state index contributed by atoms with van der Waals surface area (Å²) in [6.07, 6.45) is -4.10. The van der Waals surface area contributed by atoms with Gasteiger partial charge >= 0.3 is 12.1 Å². The topological polar surface area (TPSA) is 84.9 Å². The SMILES string of the molecule is O=C(O)CCc1ccc(NC(=O)COc2ccccc2OCC(F)(F)F)cc1. The lowest BCUT2D eigenvalue weighted by atomic mass is 10.1. The molecular formula is C19H18F3NO5. The summed E-state index contributed by atoms with van der Waals surface area (Å²) < 4.78 is 46.8. The Morgan fingerprint density at radius 2 is 1.57 bits per heavy atom. The third-order valence-electron chi connectivity index (χ3n) is 3.46. The molecule has 0 aliphatic rings. The number of benzene rings is 2. The van der Waals surface area contributed by atoms with E-state index in [1.807, 2.05) is 0 Å². The lowest BCUT2D eigenvalue weighted by Crippen LogP contribution is -2.21. The van der Waals surface area contributed by atoms with E-state index >= 15 is 0 Å². The van der Waals surface area contributed by atoms with E-state index in [0.717, 1.165) is 5.56 Å². The van der Waals surface area contributed by atoms with Crippen molar-refractivity contribution in [3.63, 3.8) is 0 Å². The van der Waals surface area contributed by atoms with Crippen LogP contribution in [0.3, 0.4) is 0 Å². The first-order chi connectivity index (χ1) is 13.2. The summed E-state index contributed by atoms with van der Waals surface area (Å²) in [5.41, 5.74) is 1.29. The zero-order chi connectivity index (χ0) is 20.6. The molecule has 2 N–H and O–H groups in total. The molecule has 9 heteroatoms. The van der Waals surface area contributed by atoms with Gasteiger partial charge in [0.1, 0.15) is 0 Å². The number of carboxylic acid groups (broad SMARTS) is 1. The molecule has 0 radical (unpaired) electrons. The summed E-state index contributed by atoms with van der Waals surface area (Å²) in [7, 11) is 0. The van der Waals surface area contributed by atoms with E-state index in [9.17, 15) is 22.8 Å². The molecule has 0 fully saturated rings. The van der Waals surface area contributed by atoms with Crippen molar-refractivity contribution in [3.05, 3.63) is 54.1 Å². The maximum Gasteiger partial charge on any atom is 0.422 e. The lowest BCUT2D eigenvalue weighted by Gasteiger charge is -2.14. The molecule has 0 heterocycles. The number of halogens is 3. The Kier molecular flexibility index (Phi) is 7.25. The van der Waals surface area contributed by atoms with Gasteiger partial charge in [0.25, 0.3) is 5.91 Å². The van der Waals surface area contributed by atoms with Crippen LogP contribution in [0, 0.1) is 0 Å². The fourth-order valence-corrected chi connectivity index (χ4v) is 2.19. The summed E-state index contributed by atoms with van der Waals surface area (Å²) in [6, 6.07) is 12.4. The number of carbonyl (C=O) groups excluding carboxylic acids is 1. The number of aliphatic carboxylic acids is 1. The maximum absolute atomic E-state index is 12.3. The Hall–Kier alpha value is -3.23. The summed E-state index contributed by atoms with van der Waals surface area (Å²) in [5.74, 6) is -1.50. The van der Waals surface area contributed by atoms with Crippen molar-refractivity contribution in [2.24, 2.45) is 0 Å². The Bertz CT molecular complexity index is 806. The number of nitrogens with one attached hydrogen (secondary N) is 1. The number of hydrogen-bond acceptors (Lipinski definition) is 4. The molecule has 2 aromatic rings. The minimum atomic E-state index is -4.49. The number of anilines is 1. The zero-order valence-corrected chi connectivity index (χ0v) is 14.7. The van der Waals surface area contributed by atoms with Crippen LogP contribution in [0.2, 0.25) is 0 Å². The zero-order valence-electron chi connectivity index (χ0n) is 14.7. The van der Waals surface area contributed by atoms with Gasteiger partial charge in [-0.25, -0.2) is 0 Å². The van der Waals surface area contributed by atoms with Gasteiger partial charge in [-0.2, -0.15) is 13.2 Å². The molecule has 0 saturated carbocycles. The summed E-state index contributed by atoms with van der Waals surface area (Å²) >= 11 is 0. The molecule has 28 heavy (non-hydrogen) atoms. The molecule has 0 aliphatic heterocycles. The largest absolute Gasteiger partial charge is 0.481 e. The van der Waals surface area contributed by atoms with Crippen molar-refractivity contribution in [2.45, 2.75) is 19.0 Å². The van der Waals surface area contributed by atoms with Crippen molar-refractivity contribution >= 4 is 17.6 Å². The van der Waals surface area contributed by atoms with Gasteiger partial charge in [-0.1, -0.05) is 24.3 Å². The van der Waals surface area contributed by atoms with Crippen LogP contribution in [-0.2, 0) is 16.0 Å². The fraction of sp³-hybridized carbons (Fsp3) is 0.263. The van der Waals surface area contributed by atoms with Crippen LogP contribution in [0.4, 0.5) is 18.9 Å². The molecule has 0 saturated heterocycles. The second kappa shape index (κ2) is 9.63. The number of amides is 1. The monoisotopic (exact) mass is 397 g/mol. The van der Waals surface area contributed by atoms with Gasteiger partial charge in [0.2, 0.25) is 0 Å². The predicted octanol–water partition coefficient (Wildman–Crippen LogP) is 3.66. The number of aryl methyl sites for hydroxylation is 1. The van der Waals surface area contributed by atoms with Crippen LogP contribution >= 0.6 is 0 Å². The van der Waals surface area contributed by atoms with E-state index in [1.165, 1.54) is 18.2 Å². The van der Waals surface area contributed by atoms with Crippen LogP contribution in [0.5, 0.6) is 11.5 Å². The minimum Gasteiger partial charge on any atom is -0.481 e. The molecule has 0 bridgehead atoms. The third kappa shape index (κ3) is 7.56. The van der Waals surface area contributed by atoms with Gasteiger partial charge in [0, 0.05) is 12.1 Å². The van der Waals surface area contributed by atoms with Crippen LogP contribution in [0.1, 0.15) is 12.0 Å². The van der Waals surface area contributed by atoms with Crippen molar-refractivity contribution in [1.82, 2.24) is 0 Å². The van der Waals surface area contributed by atoms with Gasteiger partial charge < -0.3 is 19.9 Å². The summed E-state index contributed by atoms with van der Waals surface area (Å²) in [5, 5.41) is 11.2. The number of rotatable bonds is 9. The van der Waals surface area contributed by atoms with Crippen molar-refractivity contribution in [3.8, 4) is 11.5 Å². The molecule has 2 rings (SSSR count). The van der Waals surface area contributed by atoms with Crippen molar-refractivity contribution in [2.75, 3.05) is 18.5 Å². The molecule has 0 aliphatic carbocycles. The molecule has 1 amide bonds. The van der Waals surface area contributed by atoms with Crippen LogP contribution in [0.25, 0.3) is 0 Å². The highest BCUT2D eigenvalue weighted by atomic mass is 19.4. The maximum atomic E-state index is 12.3. The average molecular weight is 397 g/mol. The van der Waals surface area contributed by atoms with Gasteiger partial charge in [0.05, 0.1) is 0 Å². The Morgan fingerprint density at radius 3 is 2.14 bits per heavy atom. The predicted molar refractivity (Wildman–Crippen MR) is 94.5 cm³/mol. The molecule has 0 atom stereocenters. The highest BCUT2D eigenvalue weighted by Gasteiger charge is 2.29. The normalized spacial score (nSPS) is 11.0. The minimum absolute atomic E-state index is 0.00929. The smallest absolute Gasteiger partial charge is 0.422 e. The second-order valence-electron chi connectivity index (χ2n) is 5.78.